The van der Waals surface area contributed by atoms with Crippen molar-refractivity contribution < 1.29 is 43.3 Å². The molecule has 2 aromatic rings. The fourth-order valence-corrected chi connectivity index (χ4v) is 4.94. The molecule has 0 bridgehead atoms. The number of methoxy groups -OCH3 is 1. The van der Waals surface area contributed by atoms with E-state index in [2.05, 4.69) is 10.6 Å². The number of alkyl carbamates (subject to hydrolysis) is 1. The van der Waals surface area contributed by atoms with E-state index in [4.69, 9.17) is 14.2 Å². The van der Waals surface area contributed by atoms with Crippen molar-refractivity contribution in [2.45, 2.75) is 110 Å². The first-order valence-corrected chi connectivity index (χ1v) is 16.7. The molecule has 3 N–H and O–H groups in total. The van der Waals surface area contributed by atoms with Gasteiger partial charge in [-0.3, -0.25) is 19.3 Å². The topological polar surface area (TPSA) is 161 Å². The Balaban J connectivity index is 2.51. The maximum Gasteiger partial charge on any atom is 0.408 e. The summed E-state index contributed by atoms with van der Waals surface area (Å²) in [5, 5.41) is 16.0. The standard InChI is InChI=1S/C37H53N3O9/c1-8-25(2)32(39-36(46)49-37(4,5)6)34(44)40(31(42)23-29(41)20-15-21-47-7)30(22-27-16-11-9-12-17-27)33(43)38-26(3)35(45)48-24-28-18-13-10-14-19-28/h9-14,16-19,25-26,29-30,32,41H,8,15,20-24H2,1-7H3,(H,38,43)(H,39,46)/t25-,26+,29-,30+,32+/m0/s1. The molecule has 270 valence electrons. The fraction of sp³-hybridized carbons (Fsp3) is 0.541. The normalized spacial score (nSPS) is 14.4. The molecule has 12 heteroatoms. The number of hydrogen-bond acceptors (Lipinski definition) is 9. The van der Waals surface area contributed by atoms with Gasteiger partial charge in [-0.05, 0) is 57.6 Å². The van der Waals surface area contributed by atoms with Crippen LogP contribution in [0.1, 0.15) is 78.4 Å². The zero-order valence-corrected chi connectivity index (χ0v) is 29.8. The summed E-state index contributed by atoms with van der Waals surface area (Å²) in [7, 11) is 1.52. The van der Waals surface area contributed by atoms with Crippen molar-refractivity contribution in [3.63, 3.8) is 0 Å². The molecule has 5 atom stereocenters. The molecule has 0 spiro atoms. The van der Waals surface area contributed by atoms with Crippen molar-refractivity contribution in [3.05, 3.63) is 71.8 Å². The number of nitrogens with one attached hydrogen (secondary N) is 2. The maximum atomic E-state index is 14.5. The summed E-state index contributed by atoms with van der Waals surface area (Å²) in [6.45, 7) is 10.4. The van der Waals surface area contributed by atoms with E-state index >= 15 is 0 Å². The Hall–Kier alpha value is -4.29. The van der Waals surface area contributed by atoms with Crippen LogP contribution >= 0.6 is 0 Å². The molecule has 12 nitrogen and oxygen atoms in total. The molecule has 0 heterocycles. The molecule has 0 saturated carbocycles. The van der Waals surface area contributed by atoms with Gasteiger partial charge in [0.1, 0.15) is 30.3 Å². The second kappa shape index (κ2) is 20.3. The van der Waals surface area contributed by atoms with Crippen molar-refractivity contribution in [3.8, 4) is 0 Å². The molecule has 2 rings (SSSR count). The number of nitrogens with zero attached hydrogens (tertiary/aromatic N) is 1. The highest BCUT2D eigenvalue weighted by Gasteiger charge is 2.41. The van der Waals surface area contributed by atoms with Gasteiger partial charge in [0.05, 0.1) is 12.5 Å². The lowest BCUT2D eigenvalue weighted by atomic mass is 9.95. The Bertz CT molecular complexity index is 1350. The van der Waals surface area contributed by atoms with Gasteiger partial charge in [0.2, 0.25) is 11.8 Å². The van der Waals surface area contributed by atoms with Crippen LogP contribution in [0, 0.1) is 5.92 Å². The molecule has 0 aliphatic rings. The van der Waals surface area contributed by atoms with Gasteiger partial charge < -0.3 is 30.0 Å². The van der Waals surface area contributed by atoms with E-state index in [1.165, 1.54) is 14.0 Å². The van der Waals surface area contributed by atoms with Crippen LogP contribution in [0.2, 0.25) is 0 Å². The molecule has 49 heavy (non-hydrogen) atoms. The molecule has 0 aromatic heterocycles. The predicted molar refractivity (Wildman–Crippen MR) is 184 cm³/mol. The number of esters is 1. The van der Waals surface area contributed by atoms with Gasteiger partial charge in [-0.15, -0.1) is 0 Å². The second-order valence-electron chi connectivity index (χ2n) is 13.1. The summed E-state index contributed by atoms with van der Waals surface area (Å²) < 4.78 is 15.9. The number of hydrogen-bond donors (Lipinski definition) is 3. The van der Waals surface area contributed by atoms with E-state index in [-0.39, 0.29) is 19.4 Å². The molecule has 0 unspecified atom stereocenters. The third-order valence-corrected chi connectivity index (χ3v) is 7.78. The first-order chi connectivity index (χ1) is 23.2. The summed E-state index contributed by atoms with van der Waals surface area (Å²) >= 11 is 0. The van der Waals surface area contributed by atoms with Gasteiger partial charge in [0.15, 0.2) is 0 Å². The Kier molecular flexibility index (Phi) is 16.9. The van der Waals surface area contributed by atoms with E-state index in [0.29, 0.717) is 25.0 Å². The minimum atomic E-state index is -1.45. The second-order valence-corrected chi connectivity index (χ2v) is 13.1. The quantitative estimate of drug-likeness (QED) is 0.154. The largest absolute Gasteiger partial charge is 0.459 e. The highest BCUT2D eigenvalue weighted by Crippen LogP contribution is 2.20. The molecule has 0 saturated heterocycles. The summed E-state index contributed by atoms with van der Waals surface area (Å²) in [6, 6.07) is 14.0. The van der Waals surface area contributed by atoms with Gasteiger partial charge in [0.25, 0.3) is 5.91 Å². The summed E-state index contributed by atoms with van der Waals surface area (Å²) in [4.78, 5) is 69.3. The van der Waals surface area contributed by atoms with Gasteiger partial charge in [-0.1, -0.05) is 80.9 Å². The lowest BCUT2D eigenvalue weighted by molar-refractivity contribution is -0.156. The first kappa shape index (κ1) is 40.9. The monoisotopic (exact) mass is 683 g/mol. The highest BCUT2D eigenvalue weighted by atomic mass is 16.6. The molecule has 0 fully saturated rings. The van der Waals surface area contributed by atoms with Gasteiger partial charge in [-0.2, -0.15) is 0 Å². The Morgan fingerprint density at radius 1 is 0.898 bits per heavy atom. The Morgan fingerprint density at radius 3 is 2.04 bits per heavy atom. The highest BCUT2D eigenvalue weighted by molar-refractivity contribution is 6.04. The number of amides is 4. The molecular formula is C37H53N3O9. The fourth-order valence-electron chi connectivity index (χ4n) is 4.94. The molecule has 0 aliphatic carbocycles. The van der Waals surface area contributed by atoms with Gasteiger partial charge in [0, 0.05) is 20.1 Å². The number of rotatable bonds is 18. The van der Waals surface area contributed by atoms with E-state index in [1.54, 1.807) is 70.2 Å². The van der Waals surface area contributed by atoms with Crippen molar-refractivity contribution in [1.82, 2.24) is 15.5 Å². The van der Waals surface area contributed by atoms with Crippen LogP contribution < -0.4 is 10.6 Å². The van der Waals surface area contributed by atoms with E-state index < -0.39 is 72.0 Å². The zero-order chi connectivity index (χ0) is 36.6. The van der Waals surface area contributed by atoms with E-state index in [0.717, 1.165) is 10.5 Å². The van der Waals surface area contributed by atoms with Crippen LogP contribution in [0.3, 0.4) is 0 Å². The van der Waals surface area contributed by atoms with Gasteiger partial charge >= 0.3 is 12.1 Å². The molecular weight excluding hydrogens is 630 g/mol. The minimum Gasteiger partial charge on any atom is -0.459 e. The van der Waals surface area contributed by atoms with Crippen LogP contribution in [-0.4, -0.2) is 83.3 Å². The van der Waals surface area contributed by atoms with E-state index in [1.807, 2.05) is 25.1 Å². The summed E-state index contributed by atoms with van der Waals surface area (Å²) in [5.41, 5.74) is 0.528. The molecule has 0 aliphatic heterocycles. The van der Waals surface area contributed by atoms with Gasteiger partial charge in [-0.25, -0.2) is 9.59 Å². The molecule has 0 radical (unpaired) electrons. The summed E-state index contributed by atoms with van der Waals surface area (Å²) in [5.74, 6) is -3.63. The van der Waals surface area contributed by atoms with Crippen molar-refractivity contribution >= 4 is 29.8 Å². The zero-order valence-electron chi connectivity index (χ0n) is 29.8. The van der Waals surface area contributed by atoms with E-state index in [9.17, 15) is 29.1 Å². The van der Waals surface area contributed by atoms with Crippen LogP contribution in [0.15, 0.2) is 60.7 Å². The third kappa shape index (κ3) is 14.4. The lowest BCUT2D eigenvalue weighted by Crippen LogP contribution is -2.61. The van der Waals surface area contributed by atoms with Crippen LogP contribution in [0.5, 0.6) is 0 Å². The van der Waals surface area contributed by atoms with Crippen LogP contribution in [0.4, 0.5) is 4.79 Å². The number of benzene rings is 2. The van der Waals surface area contributed by atoms with Crippen molar-refractivity contribution in [1.29, 1.82) is 0 Å². The predicted octanol–water partition coefficient (Wildman–Crippen LogP) is 4.32. The average Bonchev–Trinajstić information content (AvgIpc) is 3.05. The number of carbonyl (C=O) groups is 5. The number of ether oxygens (including phenoxy) is 3. The maximum absolute atomic E-state index is 14.5. The third-order valence-electron chi connectivity index (χ3n) is 7.78. The van der Waals surface area contributed by atoms with Crippen LogP contribution in [0.25, 0.3) is 0 Å². The minimum absolute atomic E-state index is 0.00962. The van der Waals surface area contributed by atoms with Crippen LogP contribution in [-0.2, 0) is 46.4 Å². The first-order valence-electron chi connectivity index (χ1n) is 16.7. The number of carbonyl (C=O) groups excluding carboxylic acids is 5. The molecule has 4 amide bonds. The average molecular weight is 684 g/mol. The number of imide groups is 1. The van der Waals surface area contributed by atoms with Crippen molar-refractivity contribution in [2.75, 3.05) is 13.7 Å². The summed E-state index contributed by atoms with van der Waals surface area (Å²) in [6.07, 6.45) is -1.45. The SMILES string of the molecule is CC[C@H](C)[C@@H](NC(=O)OC(C)(C)C)C(=O)N(C(=O)C[C@@H](O)CCCOC)[C@H](Cc1ccccc1)C(=O)N[C@H](C)C(=O)OCc1ccccc1. The Labute approximate surface area is 289 Å². The molecule has 2 aromatic carbocycles. The number of aliphatic hydroxyl groups is 1. The number of aliphatic hydroxyl groups excluding tert-OH is 1. The lowest BCUT2D eigenvalue weighted by Gasteiger charge is -2.35. The smallest absolute Gasteiger partial charge is 0.408 e. The van der Waals surface area contributed by atoms with Crippen molar-refractivity contribution in [2.24, 2.45) is 5.92 Å². The Morgan fingerprint density at radius 2 is 1.49 bits per heavy atom.